The van der Waals surface area contributed by atoms with Crippen molar-refractivity contribution in [1.82, 2.24) is 10.6 Å². The first-order valence-electron chi connectivity index (χ1n) is 6.88. The first-order chi connectivity index (χ1) is 10.8. The molecular formula is C15H14ClF3N2O2. The minimum absolute atomic E-state index is 0.173. The minimum atomic E-state index is -4.57. The Kier molecular flexibility index (Phi) is 5.30. The molecule has 1 aromatic rings. The standard InChI is InChI=1S/C15H14ClF3N2O2/c16-12-5-1-9(7-11(12)15(17,18)19)2-6-13(22)20-8-14(23)21-10-3-4-10/h1-2,5-7,10H,3-4,8H2,(H,20,22)(H,21,23)/b6-2+. The molecule has 0 bridgehead atoms. The van der Waals surface area contributed by atoms with Crippen molar-refractivity contribution in [1.29, 1.82) is 0 Å². The zero-order valence-electron chi connectivity index (χ0n) is 11.9. The quantitative estimate of drug-likeness (QED) is 0.805. The summed E-state index contributed by atoms with van der Waals surface area (Å²) in [6.07, 6.45) is -0.396. The molecule has 1 aliphatic rings. The molecule has 23 heavy (non-hydrogen) atoms. The zero-order valence-corrected chi connectivity index (χ0v) is 12.7. The lowest BCUT2D eigenvalue weighted by Gasteiger charge is -2.09. The number of carbonyl (C=O) groups excluding carboxylic acids is 2. The number of carbonyl (C=O) groups is 2. The molecule has 1 aliphatic carbocycles. The Morgan fingerprint density at radius 3 is 2.61 bits per heavy atom. The molecule has 0 heterocycles. The second-order valence-electron chi connectivity index (χ2n) is 5.13. The number of alkyl halides is 3. The van der Waals surface area contributed by atoms with E-state index in [0.717, 1.165) is 31.1 Å². The number of hydrogen-bond donors (Lipinski definition) is 2. The molecule has 0 saturated heterocycles. The number of amides is 2. The Bertz CT molecular complexity index is 640. The normalized spacial score (nSPS) is 14.8. The maximum absolute atomic E-state index is 12.7. The predicted molar refractivity (Wildman–Crippen MR) is 79.7 cm³/mol. The van der Waals surface area contributed by atoms with Crippen LogP contribution in [0.25, 0.3) is 6.08 Å². The van der Waals surface area contributed by atoms with Crippen molar-refractivity contribution in [2.45, 2.75) is 25.1 Å². The van der Waals surface area contributed by atoms with E-state index in [4.69, 9.17) is 11.6 Å². The molecule has 2 N–H and O–H groups in total. The maximum Gasteiger partial charge on any atom is 0.417 e. The number of hydrogen-bond acceptors (Lipinski definition) is 2. The average molecular weight is 347 g/mol. The SMILES string of the molecule is O=C(/C=C/c1ccc(Cl)c(C(F)(F)F)c1)NCC(=O)NC1CC1. The van der Waals surface area contributed by atoms with E-state index in [9.17, 15) is 22.8 Å². The Hall–Kier alpha value is -2.02. The number of rotatable bonds is 5. The molecule has 0 unspecified atom stereocenters. The summed E-state index contributed by atoms with van der Waals surface area (Å²) in [4.78, 5) is 22.9. The van der Waals surface area contributed by atoms with E-state index in [0.29, 0.717) is 0 Å². The van der Waals surface area contributed by atoms with Gasteiger partial charge in [0.2, 0.25) is 11.8 Å². The summed E-state index contributed by atoms with van der Waals surface area (Å²) in [6.45, 7) is -0.173. The summed E-state index contributed by atoms with van der Waals surface area (Å²) in [5.41, 5.74) is -0.787. The summed E-state index contributed by atoms with van der Waals surface area (Å²) in [5, 5.41) is 4.65. The van der Waals surface area contributed by atoms with Gasteiger partial charge >= 0.3 is 6.18 Å². The molecule has 0 aliphatic heterocycles. The lowest BCUT2D eigenvalue weighted by molar-refractivity contribution is -0.137. The van der Waals surface area contributed by atoms with Gasteiger partial charge in [-0.3, -0.25) is 9.59 Å². The Balaban J connectivity index is 1.91. The maximum atomic E-state index is 12.7. The highest BCUT2D eigenvalue weighted by Gasteiger charge is 2.33. The Labute approximate surface area is 135 Å². The van der Waals surface area contributed by atoms with Crippen molar-refractivity contribution >= 4 is 29.5 Å². The van der Waals surface area contributed by atoms with Crippen molar-refractivity contribution in [3.05, 3.63) is 40.4 Å². The van der Waals surface area contributed by atoms with E-state index in [1.54, 1.807) is 0 Å². The molecule has 0 atom stereocenters. The van der Waals surface area contributed by atoms with Crippen molar-refractivity contribution in [2.75, 3.05) is 6.54 Å². The highest BCUT2D eigenvalue weighted by atomic mass is 35.5. The molecule has 124 valence electrons. The predicted octanol–water partition coefficient (Wildman–Crippen LogP) is 2.77. The van der Waals surface area contributed by atoms with E-state index in [1.807, 2.05) is 0 Å². The number of halogens is 4. The van der Waals surface area contributed by atoms with Crippen LogP contribution in [0.3, 0.4) is 0 Å². The van der Waals surface area contributed by atoms with Gasteiger partial charge in [0.25, 0.3) is 0 Å². The first kappa shape index (κ1) is 17.3. The molecule has 2 rings (SSSR count). The molecule has 1 fully saturated rings. The smallest absolute Gasteiger partial charge is 0.352 e. The van der Waals surface area contributed by atoms with E-state index in [-0.39, 0.29) is 24.1 Å². The highest BCUT2D eigenvalue weighted by molar-refractivity contribution is 6.31. The first-order valence-corrected chi connectivity index (χ1v) is 7.25. The molecule has 8 heteroatoms. The molecule has 0 aromatic heterocycles. The van der Waals surface area contributed by atoms with E-state index < -0.39 is 22.7 Å². The van der Waals surface area contributed by atoms with Gasteiger partial charge in [-0.15, -0.1) is 0 Å². The van der Waals surface area contributed by atoms with Crippen LogP contribution in [-0.2, 0) is 15.8 Å². The molecule has 4 nitrogen and oxygen atoms in total. The second-order valence-corrected chi connectivity index (χ2v) is 5.54. The molecular weight excluding hydrogens is 333 g/mol. The van der Waals surface area contributed by atoms with Gasteiger partial charge in [-0.1, -0.05) is 17.7 Å². The van der Waals surface area contributed by atoms with Gasteiger partial charge in [0.05, 0.1) is 17.1 Å². The third kappa shape index (κ3) is 5.59. The molecule has 0 spiro atoms. The van der Waals surface area contributed by atoms with Crippen LogP contribution in [-0.4, -0.2) is 24.4 Å². The number of nitrogens with one attached hydrogen (secondary N) is 2. The van der Waals surface area contributed by atoms with Crippen molar-refractivity contribution in [3.8, 4) is 0 Å². The summed E-state index contributed by atoms with van der Waals surface area (Å²) in [5.74, 6) is -0.862. The summed E-state index contributed by atoms with van der Waals surface area (Å²) < 4.78 is 38.1. The monoisotopic (exact) mass is 346 g/mol. The van der Waals surface area contributed by atoms with E-state index in [2.05, 4.69) is 10.6 Å². The summed E-state index contributed by atoms with van der Waals surface area (Å²) in [6, 6.07) is 3.53. The topological polar surface area (TPSA) is 58.2 Å². The van der Waals surface area contributed by atoms with Gasteiger partial charge in [-0.05, 0) is 36.6 Å². The third-order valence-electron chi connectivity index (χ3n) is 3.09. The fraction of sp³-hybridized carbons (Fsp3) is 0.333. The average Bonchev–Trinajstić information content (AvgIpc) is 3.27. The van der Waals surface area contributed by atoms with E-state index >= 15 is 0 Å². The fourth-order valence-corrected chi connectivity index (χ4v) is 1.99. The number of benzene rings is 1. The van der Waals surface area contributed by atoms with Crippen molar-refractivity contribution in [2.24, 2.45) is 0 Å². The van der Waals surface area contributed by atoms with Crippen molar-refractivity contribution < 1.29 is 22.8 Å². The van der Waals surface area contributed by atoms with Gasteiger partial charge in [0, 0.05) is 12.1 Å². The fourth-order valence-electron chi connectivity index (χ4n) is 1.77. The van der Waals surface area contributed by atoms with E-state index in [1.165, 1.54) is 12.1 Å². The van der Waals surface area contributed by atoms with Gasteiger partial charge in [0.15, 0.2) is 0 Å². The highest BCUT2D eigenvalue weighted by Crippen LogP contribution is 2.35. The third-order valence-corrected chi connectivity index (χ3v) is 3.42. The largest absolute Gasteiger partial charge is 0.417 e. The van der Waals surface area contributed by atoms with Crippen LogP contribution in [0, 0.1) is 0 Å². The lowest BCUT2D eigenvalue weighted by Crippen LogP contribution is -2.37. The molecule has 1 saturated carbocycles. The van der Waals surface area contributed by atoms with Crippen LogP contribution in [0.15, 0.2) is 24.3 Å². The van der Waals surface area contributed by atoms with Gasteiger partial charge in [-0.25, -0.2) is 0 Å². The summed E-state index contributed by atoms with van der Waals surface area (Å²) in [7, 11) is 0. The van der Waals surface area contributed by atoms with Crippen LogP contribution in [0.2, 0.25) is 5.02 Å². The van der Waals surface area contributed by atoms with Crippen LogP contribution in [0.1, 0.15) is 24.0 Å². The van der Waals surface area contributed by atoms with Crippen molar-refractivity contribution in [3.63, 3.8) is 0 Å². The zero-order chi connectivity index (χ0) is 17.0. The second kappa shape index (κ2) is 7.04. The van der Waals surface area contributed by atoms with Crippen LogP contribution in [0.4, 0.5) is 13.2 Å². The van der Waals surface area contributed by atoms with Crippen LogP contribution < -0.4 is 10.6 Å². The Morgan fingerprint density at radius 1 is 1.30 bits per heavy atom. The van der Waals surface area contributed by atoms with Gasteiger partial charge in [-0.2, -0.15) is 13.2 Å². The van der Waals surface area contributed by atoms with Gasteiger partial charge in [0.1, 0.15) is 0 Å². The van der Waals surface area contributed by atoms with Crippen LogP contribution >= 0.6 is 11.6 Å². The molecule has 2 amide bonds. The minimum Gasteiger partial charge on any atom is -0.352 e. The molecule has 0 radical (unpaired) electrons. The van der Waals surface area contributed by atoms with Gasteiger partial charge < -0.3 is 10.6 Å². The Morgan fingerprint density at radius 2 is 2.00 bits per heavy atom. The molecule has 1 aromatic carbocycles. The summed E-state index contributed by atoms with van der Waals surface area (Å²) >= 11 is 5.51. The lowest BCUT2D eigenvalue weighted by atomic mass is 10.1. The van der Waals surface area contributed by atoms with Crippen LogP contribution in [0.5, 0.6) is 0 Å².